The Morgan fingerprint density at radius 3 is 2.53 bits per heavy atom. The molecule has 0 spiro atoms. The highest BCUT2D eigenvalue weighted by Gasteiger charge is 2.12. The highest BCUT2D eigenvalue weighted by atomic mass is 127. The van der Waals surface area contributed by atoms with Crippen molar-refractivity contribution < 1.29 is 9.47 Å². The summed E-state index contributed by atoms with van der Waals surface area (Å²) in [5.41, 5.74) is 5.70. The fourth-order valence-corrected chi connectivity index (χ4v) is 4.08. The highest BCUT2D eigenvalue weighted by Crippen LogP contribution is 2.35. The van der Waals surface area contributed by atoms with Gasteiger partial charge in [0.15, 0.2) is 11.5 Å². The standard InChI is InChI=1S/C22H18Cl3IN2O2/c1-29-21-9-14(11-27-28-12-15-4-2-3-5-18(15)24)8-20(26)22(21)30-13-16-6-7-17(23)10-19(16)25/h2-11,28H,12-13H2,1H3/b27-11-. The van der Waals surface area contributed by atoms with E-state index >= 15 is 0 Å². The lowest BCUT2D eigenvalue weighted by Gasteiger charge is -2.14. The number of methoxy groups -OCH3 is 1. The molecule has 4 nitrogen and oxygen atoms in total. The molecule has 0 saturated heterocycles. The maximum atomic E-state index is 6.23. The largest absolute Gasteiger partial charge is 0.493 e. The molecule has 0 heterocycles. The monoisotopic (exact) mass is 574 g/mol. The summed E-state index contributed by atoms with van der Waals surface area (Å²) in [5, 5.41) is 6.13. The Balaban J connectivity index is 1.68. The third-order valence-electron chi connectivity index (χ3n) is 4.17. The van der Waals surface area contributed by atoms with Gasteiger partial charge in [-0.05, 0) is 64.0 Å². The van der Waals surface area contributed by atoms with Gasteiger partial charge in [0, 0.05) is 20.6 Å². The van der Waals surface area contributed by atoms with Crippen LogP contribution < -0.4 is 14.9 Å². The van der Waals surface area contributed by atoms with E-state index in [2.05, 4.69) is 33.1 Å². The minimum Gasteiger partial charge on any atom is -0.493 e. The van der Waals surface area contributed by atoms with Crippen LogP contribution in [0.15, 0.2) is 59.7 Å². The first-order chi connectivity index (χ1) is 14.5. The van der Waals surface area contributed by atoms with Gasteiger partial charge in [0.2, 0.25) is 0 Å². The zero-order valence-corrected chi connectivity index (χ0v) is 20.4. The Kier molecular flexibility index (Phi) is 8.50. The number of nitrogens with one attached hydrogen (secondary N) is 1. The molecule has 3 aromatic carbocycles. The molecule has 0 atom stereocenters. The van der Waals surface area contributed by atoms with Gasteiger partial charge >= 0.3 is 0 Å². The number of hydrogen-bond donors (Lipinski definition) is 1. The molecule has 0 aliphatic carbocycles. The van der Waals surface area contributed by atoms with Crippen molar-refractivity contribution in [2.45, 2.75) is 13.2 Å². The SMILES string of the molecule is COc1cc(/C=N\NCc2ccccc2Cl)cc(I)c1OCc1ccc(Cl)cc1Cl. The van der Waals surface area contributed by atoms with Crippen LogP contribution in [0.4, 0.5) is 0 Å². The predicted octanol–water partition coefficient (Wildman–Crippen LogP) is 6.96. The molecule has 0 radical (unpaired) electrons. The molecule has 0 aliphatic rings. The lowest BCUT2D eigenvalue weighted by molar-refractivity contribution is 0.282. The van der Waals surface area contributed by atoms with Gasteiger partial charge in [-0.3, -0.25) is 0 Å². The zero-order chi connectivity index (χ0) is 21.5. The van der Waals surface area contributed by atoms with Gasteiger partial charge in [0.25, 0.3) is 0 Å². The minimum absolute atomic E-state index is 0.301. The Morgan fingerprint density at radius 2 is 1.80 bits per heavy atom. The van der Waals surface area contributed by atoms with Crippen molar-refractivity contribution in [1.29, 1.82) is 0 Å². The molecule has 0 aliphatic heterocycles. The summed E-state index contributed by atoms with van der Waals surface area (Å²) in [5.74, 6) is 1.25. The minimum atomic E-state index is 0.301. The van der Waals surface area contributed by atoms with Crippen LogP contribution in [0.25, 0.3) is 0 Å². The molecule has 0 bridgehead atoms. The lowest BCUT2D eigenvalue weighted by atomic mass is 10.2. The average molecular weight is 576 g/mol. The molecule has 0 aromatic heterocycles. The molecular formula is C22H18Cl3IN2O2. The molecule has 0 amide bonds. The van der Waals surface area contributed by atoms with Gasteiger partial charge in [-0.2, -0.15) is 5.10 Å². The first-order valence-corrected chi connectivity index (χ1v) is 11.1. The van der Waals surface area contributed by atoms with E-state index in [4.69, 9.17) is 44.3 Å². The maximum Gasteiger partial charge on any atom is 0.174 e. The summed E-state index contributed by atoms with van der Waals surface area (Å²) < 4.78 is 12.4. The number of benzene rings is 3. The van der Waals surface area contributed by atoms with Crippen LogP contribution in [-0.2, 0) is 13.2 Å². The van der Waals surface area contributed by atoms with E-state index in [0.717, 1.165) is 20.3 Å². The van der Waals surface area contributed by atoms with Crippen molar-refractivity contribution in [2.75, 3.05) is 7.11 Å². The quantitative estimate of drug-likeness (QED) is 0.179. The predicted molar refractivity (Wildman–Crippen MR) is 132 cm³/mol. The summed E-state index contributed by atoms with van der Waals surface area (Å²) in [6.45, 7) is 0.836. The molecule has 0 saturated carbocycles. The lowest BCUT2D eigenvalue weighted by Crippen LogP contribution is -2.06. The van der Waals surface area contributed by atoms with Crippen LogP contribution in [0, 0.1) is 3.57 Å². The fourth-order valence-electron chi connectivity index (χ4n) is 2.64. The van der Waals surface area contributed by atoms with E-state index in [1.807, 2.05) is 42.5 Å². The van der Waals surface area contributed by atoms with E-state index in [9.17, 15) is 0 Å². The number of halogens is 4. The van der Waals surface area contributed by atoms with Crippen LogP contribution in [0.5, 0.6) is 11.5 Å². The van der Waals surface area contributed by atoms with Gasteiger partial charge in [-0.1, -0.05) is 59.1 Å². The maximum absolute atomic E-state index is 6.23. The third kappa shape index (κ3) is 6.17. The summed E-state index contributed by atoms with van der Waals surface area (Å²) >= 11 is 20.5. The molecule has 156 valence electrons. The Hall–Kier alpha value is -1.67. The van der Waals surface area contributed by atoms with Crippen LogP contribution in [0.3, 0.4) is 0 Å². The average Bonchev–Trinajstić information content (AvgIpc) is 2.72. The summed E-state index contributed by atoms with van der Waals surface area (Å²) in [6.07, 6.45) is 1.72. The van der Waals surface area contributed by atoms with E-state index in [0.29, 0.717) is 39.7 Å². The van der Waals surface area contributed by atoms with E-state index in [1.165, 1.54) is 0 Å². The number of hydrazone groups is 1. The fraction of sp³-hybridized carbons (Fsp3) is 0.136. The number of rotatable bonds is 8. The van der Waals surface area contributed by atoms with Crippen LogP contribution in [-0.4, -0.2) is 13.3 Å². The van der Waals surface area contributed by atoms with Crippen molar-refractivity contribution in [3.63, 3.8) is 0 Å². The van der Waals surface area contributed by atoms with Gasteiger partial charge in [0.05, 0.1) is 23.4 Å². The van der Waals surface area contributed by atoms with E-state index in [1.54, 1.807) is 25.5 Å². The summed E-state index contributed by atoms with van der Waals surface area (Å²) in [4.78, 5) is 0. The molecule has 8 heteroatoms. The normalized spacial score (nSPS) is 11.0. The van der Waals surface area contributed by atoms with Crippen LogP contribution >= 0.6 is 57.4 Å². The van der Waals surface area contributed by atoms with Crippen molar-refractivity contribution in [3.05, 3.63) is 89.9 Å². The third-order valence-corrected chi connectivity index (χ3v) is 5.93. The first kappa shape index (κ1) is 23.0. The van der Waals surface area contributed by atoms with Crippen LogP contribution in [0.2, 0.25) is 15.1 Å². The topological polar surface area (TPSA) is 42.8 Å². The Morgan fingerprint density at radius 1 is 1.00 bits per heavy atom. The molecule has 3 rings (SSSR count). The van der Waals surface area contributed by atoms with Crippen molar-refractivity contribution in [2.24, 2.45) is 5.10 Å². The molecule has 3 aromatic rings. The van der Waals surface area contributed by atoms with Crippen molar-refractivity contribution >= 4 is 63.6 Å². The molecular weight excluding hydrogens is 558 g/mol. The second-order valence-corrected chi connectivity index (χ2v) is 8.66. The zero-order valence-electron chi connectivity index (χ0n) is 16.0. The molecule has 30 heavy (non-hydrogen) atoms. The van der Waals surface area contributed by atoms with Crippen molar-refractivity contribution in [1.82, 2.24) is 5.43 Å². The van der Waals surface area contributed by atoms with Gasteiger partial charge < -0.3 is 14.9 Å². The van der Waals surface area contributed by atoms with Gasteiger partial charge in [-0.25, -0.2) is 0 Å². The number of ether oxygens (including phenoxy) is 2. The van der Waals surface area contributed by atoms with Gasteiger partial charge in [-0.15, -0.1) is 0 Å². The first-order valence-electron chi connectivity index (χ1n) is 8.91. The van der Waals surface area contributed by atoms with E-state index < -0.39 is 0 Å². The van der Waals surface area contributed by atoms with E-state index in [-0.39, 0.29) is 0 Å². The van der Waals surface area contributed by atoms with Gasteiger partial charge in [0.1, 0.15) is 6.61 Å². The Bertz CT molecular complexity index is 1060. The molecule has 0 unspecified atom stereocenters. The number of nitrogens with zero attached hydrogens (tertiary/aromatic N) is 1. The second-order valence-electron chi connectivity index (χ2n) is 6.24. The Labute approximate surface area is 204 Å². The summed E-state index contributed by atoms with van der Waals surface area (Å²) in [7, 11) is 1.60. The van der Waals surface area contributed by atoms with Crippen molar-refractivity contribution in [3.8, 4) is 11.5 Å². The number of hydrogen-bond acceptors (Lipinski definition) is 4. The molecule has 0 fully saturated rings. The second kappa shape index (κ2) is 11.1. The van der Waals surface area contributed by atoms with Crippen LogP contribution in [0.1, 0.15) is 16.7 Å². The smallest absolute Gasteiger partial charge is 0.174 e. The highest BCUT2D eigenvalue weighted by molar-refractivity contribution is 14.1. The molecule has 1 N–H and O–H groups in total. The summed E-state index contributed by atoms with van der Waals surface area (Å²) in [6, 6.07) is 16.8.